The minimum atomic E-state index is -2.61. The van der Waals surface area contributed by atoms with Crippen molar-refractivity contribution in [2.75, 3.05) is 13.1 Å². The molecule has 1 fully saturated rings. The number of hydrogen-bond donors (Lipinski definition) is 2. The number of esters is 1. The highest BCUT2D eigenvalue weighted by molar-refractivity contribution is 6.74. The molecule has 14 nitrogen and oxygen atoms in total. The molecular formula is C27H38N4O10Si. The van der Waals surface area contributed by atoms with Crippen LogP contribution in [0.4, 0.5) is 4.79 Å². The fraction of sp³-hybridized carbons (Fsp3) is 0.556. The molecule has 15 heteroatoms. The normalized spacial score (nSPS) is 21.4. The molecule has 230 valence electrons. The molecule has 2 aromatic rings. The molecule has 1 aromatic heterocycles. The van der Waals surface area contributed by atoms with Crippen molar-refractivity contribution in [3.8, 4) is 0 Å². The smallest absolute Gasteiger partial charge is 0.407 e. The zero-order chi connectivity index (χ0) is 31.2. The van der Waals surface area contributed by atoms with Crippen LogP contribution in [0.3, 0.4) is 0 Å². The third-order valence-corrected chi connectivity index (χ3v) is 12.0. The number of amides is 1. The summed E-state index contributed by atoms with van der Waals surface area (Å²) in [6.45, 7) is 10.2. The molecule has 0 saturated carbocycles. The molecule has 42 heavy (non-hydrogen) atoms. The summed E-state index contributed by atoms with van der Waals surface area (Å²) in [6.07, 6.45) is -4.19. The summed E-state index contributed by atoms with van der Waals surface area (Å²) in [5.74, 6) is -1.61. The number of hydrogen-bond acceptors (Lipinski definition) is 10. The van der Waals surface area contributed by atoms with Crippen LogP contribution in [0.25, 0.3) is 0 Å². The lowest BCUT2D eigenvalue weighted by Gasteiger charge is -2.41. The number of carbonyl (C=O) groups is 2. The molecule has 0 aliphatic carbocycles. The molecule has 2 heterocycles. The number of aromatic nitrogens is 2. The topological polar surface area (TPSA) is 181 Å². The Morgan fingerprint density at radius 3 is 2.43 bits per heavy atom. The first-order valence-electron chi connectivity index (χ1n) is 13.5. The first-order chi connectivity index (χ1) is 19.6. The Morgan fingerprint density at radius 1 is 1.19 bits per heavy atom. The van der Waals surface area contributed by atoms with Crippen LogP contribution in [0.15, 0.2) is 52.2 Å². The number of nitrogens with zero attached hydrogens (tertiary/aromatic N) is 2. The maximum Gasteiger partial charge on any atom is 0.407 e. The van der Waals surface area contributed by atoms with Crippen molar-refractivity contribution in [1.29, 1.82) is 0 Å². The second-order valence-corrected chi connectivity index (χ2v) is 16.4. The van der Waals surface area contributed by atoms with Crippen LogP contribution in [-0.2, 0) is 30.0 Å². The molecule has 1 saturated heterocycles. The van der Waals surface area contributed by atoms with Gasteiger partial charge in [0.15, 0.2) is 20.6 Å². The predicted octanol–water partition coefficient (Wildman–Crippen LogP) is 2.58. The average Bonchev–Trinajstić information content (AvgIpc) is 3.22. The van der Waals surface area contributed by atoms with E-state index in [4.69, 9.17) is 18.6 Å². The average molecular weight is 607 g/mol. The highest BCUT2D eigenvalue weighted by Crippen LogP contribution is 2.44. The van der Waals surface area contributed by atoms with Crippen molar-refractivity contribution in [2.24, 2.45) is 5.92 Å². The number of rotatable bonds is 11. The van der Waals surface area contributed by atoms with Gasteiger partial charge in [0, 0.05) is 36.6 Å². The van der Waals surface area contributed by atoms with Gasteiger partial charge in [-0.25, -0.2) is 9.59 Å². The van der Waals surface area contributed by atoms with Crippen LogP contribution in [-0.4, -0.2) is 66.3 Å². The minimum absolute atomic E-state index is 0.00790. The Hall–Kier alpha value is -3.82. The maximum absolute atomic E-state index is 12.9. The van der Waals surface area contributed by atoms with E-state index in [-0.39, 0.29) is 18.2 Å². The quantitative estimate of drug-likeness (QED) is 0.167. The maximum atomic E-state index is 12.9. The van der Waals surface area contributed by atoms with E-state index in [9.17, 15) is 29.3 Å². The third kappa shape index (κ3) is 8.36. The first kappa shape index (κ1) is 32.7. The zero-order valence-electron chi connectivity index (χ0n) is 24.5. The van der Waals surface area contributed by atoms with Crippen molar-refractivity contribution in [1.82, 2.24) is 14.9 Å². The summed E-state index contributed by atoms with van der Waals surface area (Å²) in [6, 6.07) is 10.2. The second-order valence-electron chi connectivity index (χ2n) is 11.6. The summed E-state index contributed by atoms with van der Waals surface area (Å²) < 4.78 is 24.8. The summed E-state index contributed by atoms with van der Waals surface area (Å²) in [5.41, 5.74) is -0.644. The molecule has 2 N–H and O–H groups in total. The molecule has 0 bridgehead atoms. The van der Waals surface area contributed by atoms with Gasteiger partial charge in [-0.3, -0.25) is 29.3 Å². The van der Waals surface area contributed by atoms with Crippen LogP contribution in [0, 0.1) is 16.0 Å². The van der Waals surface area contributed by atoms with E-state index in [1.807, 2.05) is 52.1 Å². The number of carbonyl (C=O) groups excluding carboxylic acids is 2. The van der Waals surface area contributed by atoms with Gasteiger partial charge in [0.2, 0.25) is 6.54 Å². The molecule has 0 spiro atoms. The minimum Gasteiger partial charge on any atom is -0.453 e. The number of nitro groups is 1. The van der Waals surface area contributed by atoms with Gasteiger partial charge in [0.1, 0.15) is 12.7 Å². The molecule has 1 aromatic carbocycles. The molecule has 3 rings (SSSR count). The molecule has 0 radical (unpaired) electrons. The Bertz CT molecular complexity index is 1360. The molecule has 1 amide bonds. The van der Waals surface area contributed by atoms with Crippen LogP contribution in [0.2, 0.25) is 18.1 Å². The Labute approximate surface area is 243 Å². The van der Waals surface area contributed by atoms with Gasteiger partial charge in [-0.05, 0) is 23.7 Å². The highest BCUT2D eigenvalue weighted by atomic mass is 28.4. The van der Waals surface area contributed by atoms with Crippen molar-refractivity contribution in [3.63, 3.8) is 0 Å². The van der Waals surface area contributed by atoms with Crippen LogP contribution in [0.5, 0.6) is 0 Å². The lowest BCUT2D eigenvalue weighted by Crippen LogP contribution is -2.51. The fourth-order valence-corrected chi connectivity index (χ4v) is 5.72. The van der Waals surface area contributed by atoms with Gasteiger partial charge in [-0.1, -0.05) is 51.1 Å². The second kappa shape index (κ2) is 13.4. The van der Waals surface area contributed by atoms with Crippen LogP contribution in [0.1, 0.15) is 39.5 Å². The Kier molecular flexibility index (Phi) is 10.5. The number of H-pyrrole nitrogens is 1. The van der Waals surface area contributed by atoms with Gasteiger partial charge in [0.25, 0.3) is 5.56 Å². The van der Waals surface area contributed by atoms with Crippen molar-refractivity contribution in [3.05, 3.63) is 79.1 Å². The van der Waals surface area contributed by atoms with Gasteiger partial charge in [-0.2, -0.15) is 0 Å². The third-order valence-electron chi connectivity index (χ3n) is 7.49. The Morgan fingerprint density at radius 2 is 1.86 bits per heavy atom. The number of alkyl carbamates (subject to hydrolysis) is 1. The van der Waals surface area contributed by atoms with Gasteiger partial charge >= 0.3 is 17.8 Å². The van der Waals surface area contributed by atoms with Crippen molar-refractivity contribution in [2.45, 2.75) is 77.0 Å². The van der Waals surface area contributed by atoms with E-state index in [0.717, 1.165) is 23.1 Å². The number of benzene rings is 1. The lowest BCUT2D eigenvalue weighted by atomic mass is 9.94. The van der Waals surface area contributed by atoms with Gasteiger partial charge in [0.05, 0.1) is 6.10 Å². The summed E-state index contributed by atoms with van der Waals surface area (Å²) >= 11 is 0. The summed E-state index contributed by atoms with van der Waals surface area (Å²) in [5, 5.41) is 14.0. The predicted molar refractivity (Wildman–Crippen MR) is 153 cm³/mol. The SMILES string of the molecule is CC(=O)OC(C[N+](=O)[O-])[C@H]1O[C@@H](n2ccc(=O)[nH]c2=O)[C@H](O[Si](C)(C)C(C)(C)C)[C@@H]1CNC(=O)OCc1ccccc1. The van der Waals surface area contributed by atoms with Crippen molar-refractivity contribution < 1.29 is 33.1 Å². The Balaban J connectivity index is 2.02. The van der Waals surface area contributed by atoms with E-state index in [1.54, 1.807) is 12.1 Å². The van der Waals surface area contributed by atoms with E-state index in [0.29, 0.717) is 0 Å². The number of nitrogens with one attached hydrogen (secondary N) is 2. The van der Waals surface area contributed by atoms with Crippen LogP contribution >= 0.6 is 0 Å². The first-order valence-corrected chi connectivity index (χ1v) is 16.4. The molecule has 1 aliphatic rings. The lowest BCUT2D eigenvalue weighted by molar-refractivity contribution is -0.493. The monoisotopic (exact) mass is 606 g/mol. The zero-order valence-corrected chi connectivity index (χ0v) is 25.5. The fourth-order valence-electron chi connectivity index (χ4n) is 4.39. The van der Waals surface area contributed by atoms with Gasteiger partial charge in [-0.15, -0.1) is 0 Å². The standard InChI is InChI=1S/C27H38N4O10Si/c1-17(32)39-20(15-31(36)37)22-19(14-28-26(35)38-16-18-10-8-7-9-11-18)23(41-42(5,6)27(2,3)4)24(40-22)30-13-12-21(33)29-25(30)34/h7-13,19-20,22-24H,14-16H2,1-6H3,(H,28,35)(H,29,33,34)/t19-,20?,22+,23-,24-/m1/s1. The summed E-state index contributed by atoms with van der Waals surface area (Å²) in [4.78, 5) is 62.4. The number of aromatic amines is 1. The van der Waals surface area contributed by atoms with Crippen molar-refractivity contribution >= 4 is 20.4 Å². The largest absolute Gasteiger partial charge is 0.453 e. The summed E-state index contributed by atoms with van der Waals surface area (Å²) in [7, 11) is -2.61. The van der Waals surface area contributed by atoms with E-state index in [2.05, 4.69) is 10.3 Å². The van der Waals surface area contributed by atoms with Crippen LogP contribution < -0.4 is 16.6 Å². The molecular weight excluding hydrogens is 568 g/mol. The van der Waals surface area contributed by atoms with E-state index >= 15 is 0 Å². The number of ether oxygens (including phenoxy) is 3. The molecule has 5 atom stereocenters. The van der Waals surface area contributed by atoms with E-state index < -0.39 is 73.6 Å². The van der Waals surface area contributed by atoms with E-state index in [1.165, 1.54) is 6.20 Å². The highest BCUT2D eigenvalue weighted by Gasteiger charge is 2.54. The molecule has 1 aliphatic heterocycles. The molecule has 1 unspecified atom stereocenters. The van der Waals surface area contributed by atoms with Gasteiger partial charge < -0.3 is 24.0 Å².